The fourth-order valence-electron chi connectivity index (χ4n) is 4.97. The third-order valence-electron chi connectivity index (χ3n) is 6.05. The molecule has 23 heavy (non-hydrogen) atoms. The van der Waals surface area contributed by atoms with E-state index in [1.807, 2.05) is 0 Å². The highest BCUT2D eigenvalue weighted by Gasteiger charge is 2.33. The molecule has 0 aromatic heterocycles. The van der Waals surface area contributed by atoms with Crippen molar-refractivity contribution in [1.29, 1.82) is 0 Å². The standard InChI is InChI=1S/C19H42N2Si2/c1-18(2,3)20(16-11-7-8-12-16)22-15-23-21(19(4,5)6)17-13-9-10-14-17/h16-17H,7-15,22-23H2,1-6H3. The van der Waals surface area contributed by atoms with Gasteiger partial charge in [-0.3, -0.25) is 0 Å². The topological polar surface area (TPSA) is 6.48 Å². The lowest BCUT2D eigenvalue weighted by Crippen LogP contribution is -2.53. The molecule has 0 heterocycles. The van der Waals surface area contributed by atoms with Gasteiger partial charge in [0.15, 0.2) is 0 Å². The Morgan fingerprint density at radius 3 is 1.22 bits per heavy atom. The Bertz CT molecular complexity index is 313. The van der Waals surface area contributed by atoms with Gasteiger partial charge in [-0.1, -0.05) is 25.7 Å². The largest absolute Gasteiger partial charge is 0.322 e. The summed E-state index contributed by atoms with van der Waals surface area (Å²) in [5.41, 5.74) is 2.40. The Labute approximate surface area is 150 Å². The lowest BCUT2D eigenvalue weighted by Gasteiger charge is -2.43. The molecule has 0 aromatic carbocycles. The van der Waals surface area contributed by atoms with Gasteiger partial charge >= 0.3 is 0 Å². The van der Waals surface area contributed by atoms with Crippen LogP contribution >= 0.6 is 0 Å². The maximum absolute atomic E-state index is 2.99. The van der Waals surface area contributed by atoms with Gasteiger partial charge in [0.2, 0.25) is 0 Å². The van der Waals surface area contributed by atoms with Gasteiger partial charge in [-0.05, 0) is 72.9 Å². The van der Waals surface area contributed by atoms with E-state index >= 15 is 0 Å². The van der Waals surface area contributed by atoms with Crippen LogP contribution < -0.4 is 0 Å². The summed E-state index contributed by atoms with van der Waals surface area (Å²) in [6.07, 6.45) is 11.8. The molecule has 2 saturated carbocycles. The van der Waals surface area contributed by atoms with Crippen molar-refractivity contribution in [2.45, 2.75) is 122 Å². The van der Waals surface area contributed by atoms with Gasteiger partial charge in [-0.25, -0.2) is 0 Å². The Balaban J connectivity index is 1.91. The van der Waals surface area contributed by atoms with Gasteiger partial charge < -0.3 is 9.13 Å². The molecule has 0 atom stereocenters. The summed E-state index contributed by atoms with van der Waals surface area (Å²) in [4.78, 5) is 0. The van der Waals surface area contributed by atoms with E-state index in [2.05, 4.69) is 50.7 Å². The second kappa shape index (κ2) is 8.16. The summed E-state index contributed by atoms with van der Waals surface area (Å²) in [5.74, 6) is 0. The van der Waals surface area contributed by atoms with Crippen LogP contribution in [0.1, 0.15) is 92.9 Å². The first-order chi connectivity index (χ1) is 10.7. The summed E-state index contributed by atoms with van der Waals surface area (Å²) >= 11 is 0. The first-order valence-corrected chi connectivity index (χ1v) is 13.5. The molecule has 136 valence electrons. The van der Waals surface area contributed by atoms with Crippen LogP contribution in [0, 0.1) is 0 Å². The average molecular weight is 355 g/mol. The Morgan fingerprint density at radius 1 is 0.652 bits per heavy atom. The minimum atomic E-state index is -0.0826. The molecule has 2 aliphatic rings. The third-order valence-corrected chi connectivity index (χ3v) is 12.5. The maximum atomic E-state index is 2.99. The molecule has 0 aliphatic heterocycles. The van der Waals surface area contributed by atoms with Crippen molar-refractivity contribution >= 4 is 19.4 Å². The first kappa shape index (κ1) is 19.7. The van der Waals surface area contributed by atoms with Gasteiger partial charge in [0.1, 0.15) is 0 Å². The molecule has 0 aromatic rings. The molecule has 0 unspecified atom stereocenters. The van der Waals surface area contributed by atoms with E-state index in [0.29, 0.717) is 11.1 Å². The zero-order valence-electron chi connectivity index (χ0n) is 16.8. The first-order valence-electron chi connectivity index (χ1n) is 10.2. The van der Waals surface area contributed by atoms with E-state index in [1.54, 1.807) is 5.67 Å². The normalized spacial score (nSPS) is 23.0. The van der Waals surface area contributed by atoms with Crippen molar-refractivity contribution in [3.63, 3.8) is 0 Å². The van der Waals surface area contributed by atoms with Gasteiger partial charge in [0.25, 0.3) is 0 Å². The van der Waals surface area contributed by atoms with Crippen molar-refractivity contribution in [2.24, 2.45) is 0 Å². The molecule has 0 saturated heterocycles. The molecular weight excluding hydrogens is 312 g/mol. The van der Waals surface area contributed by atoms with Crippen LogP contribution in [0.5, 0.6) is 0 Å². The molecule has 0 N–H and O–H groups in total. The zero-order chi connectivity index (χ0) is 17.1. The minimum absolute atomic E-state index is 0.0826. The van der Waals surface area contributed by atoms with Crippen molar-refractivity contribution < 1.29 is 0 Å². The number of hydrogen-bond donors (Lipinski definition) is 0. The summed E-state index contributed by atoms with van der Waals surface area (Å²) in [7, 11) is -0.165. The van der Waals surface area contributed by atoms with E-state index in [-0.39, 0.29) is 19.4 Å². The molecule has 2 fully saturated rings. The Hall–Kier alpha value is 0.354. The average Bonchev–Trinajstić information content (AvgIpc) is 3.08. The second-order valence-corrected chi connectivity index (χ2v) is 15.0. The Kier molecular flexibility index (Phi) is 6.98. The fraction of sp³-hybridized carbons (Fsp3) is 1.00. The lowest BCUT2D eigenvalue weighted by molar-refractivity contribution is 0.188. The molecule has 2 nitrogen and oxygen atoms in total. The zero-order valence-corrected chi connectivity index (χ0v) is 19.7. The van der Waals surface area contributed by atoms with Crippen LogP contribution in [-0.4, -0.2) is 51.7 Å². The molecule has 0 radical (unpaired) electrons. The van der Waals surface area contributed by atoms with Crippen molar-refractivity contribution in [3.8, 4) is 0 Å². The van der Waals surface area contributed by atoms with Gasteiger partial charge in [-0.2, -0.15) is 0 Å². The predicted octanol–water partition coefficient (Wildman–Crippen LogP) is 3.62. The van der Waals surface area contributed by atoms with Crippen molar-refractivity contribution in [1.82, 2.24) is 9.13 Å². The van der Waals surface area contributed by atoms with Crippen molar-refractivity contribution in [2.75, 3.05) is 0 Å². The maximum Gasteiger partial charge on any atom is 0.0941 e. The molecule has 2 rings (SSSR count). The van der Waals surface area contributed by atoms with E-state index in [1.165, 1.54) is 51.4 Å². The highest BCUT2D eigenvalue weighted by Crippen LogP contribution is 2.30. The minimum Gasteiger partial charge on any atom is -0.322 e. The second-order valence-electron chi connectivity index (χ2n) is 9.96. The smallest absolute Gasteiger partial charge is 0.0941 e. The third kappa shape index (κ3) is 5.69. The van der Waals surface area contributed by atoms with Crippen LogP contribution in [0.2, 0.25) is 5.67 Å². The molecule has 4 heteroatoms. The van der Waals surface area contributed by atoms with E-state index < -0.39 is 0 Å². The van der Waals surface area contributed by atoms with Crippen LogP contribution in [0.15, 0.2) is 0 Å². The summed E-state index contributed by atoms with van der Waals surface area (Å²) < 4.78 is 5.98. The predicted molar refractivity (Wildman–Crippen MR) is 110 cm³/mol. The molecule has 0 spiro atoms. The molecular formula is C19H42N2Si2. The van der Waals surface area contributed by atoms with E-state index in [0.717, 1.165) is 12.1 Å². The summed E-state index contributed by atoms with van der Waals surface area (Å²) in [6.45, 7) is 14.7. The van der Waals surface area contributed by atoms with Crippen molar-refractivity contribution in [3.05, 3.63) is 0 Å². The fourth-order valence-corrected chi connectivity index (χ4v) is 11.1. The molecule has 0 amide bonds. The molecule has 2 aliphatic carbocycles. The quantitative estimate of drug-likeness (QED) is 0.672. The summed E-state index contributed by atoms with van der Waals surface area (Å²) in [6, 6.07) is 1.84. The summed E-state index contributed by atoms with van der Waals surface area (Å²) in [5, 5.41) is 0. The lowest BCUT2D eigenvalue weighted by atomic mass is 10.1. The van der Waals surface area contributed by atoms with E-state index in [9.17, 15) is 0 Å². The Morgan fingerprint density at radius 2 is 0.957 bits per heavy atom. The number of hydrogen-bond acceptors (Lipinski definition) is 2. The highest BCUT2D eigenvalue weighted by molar-refractivity contribution is 6.53. The van der Waals surface area contributed by atoms with Crippen LogP contribution in [-0.2, 0) is 0 Å². The SMILES string of the molecule is CC(C)(C)N([SiH2]C[SiH2]N(C1CCCC1)C(C)(C)C)C1CCCC1. The van der Waals surface area contributed by atoms with Gasteiger partial charge in [-0.15, -0.1) is 0 Å². The monoisotopic (exact) mass is 354 g/mol. The van der Waals surface area contributed by atoms with Crippen LogP contribution in [0.3, 0.4) is 0 Å². The van der Waals surface area contributed by atoms with E-state index in [4.69, 9.17) is 0 Å². The van der Waals surface area contributed by atoms with Gasteiger partial charge in [0, 0.05) is 23.2 Å². The van der Waals surface area contributed by atoms with Crippen LogP contribution in [0.4, 0.5) is 0 Å². The number of rotatable bonds is 6. The van der Waals surface area contributed by atoms with Gasteiger partial charge in [0.05, 0.1) is 19.4 Å². The highest BCUT2D eigenvalue weighted by atomic mass is 28.3. The molecule has 0 bridgehead atoms. The number of nitrogens with zero attached hydrogens (tertiary/aromatic N) is 2. The van der Waals surface area contributed by atoms with Crippen LogP contribution in [0.25, 0.3) is 0 Å².